The first-order valence-electron chi connectivity index (χ1n) is 7.18. The Balaban J connectivity index is 1.51. The van der Waals surface area contributed by atoms with Gasteiger partial charge in [-0.3, -0.25) is 4.90 Å². The van der Waals surface area contributed by atoms with Crippen LogP contribution >= 0.6 is 0 Å². The van der Waals surface area contributed by atoms with Crippen molar-refractivity contribution in [2.75, 3.05) is 26.2 Å². The Morgan fingerprint density at radius 1 is 1.10 bits per heavy atom. The molecule has 1 fully saturated rings. The van der Waals surface area contributed by atoms with Gasteiger partial charge in [-0.05, 0) is 12.0 Å². The van der Waals surface area contributed by atoms with Crippen molar-refractivity contribution in [2.24, 2.45) is 0 Å². The fourth-order valence-corrected chi connectivity index (χ4v) is 2.42. The molecule has 5 heteroatoms. The van der Waals surface area contributed by atoms with Crippen molar-refractivity contribution in [2.45, 2.75) is 19.4 Å². The molecule has 0 spiro atoms. The van der Waals surface area contributed by atoms with Crippen LogP contribution in [-0.4, -0.2) is 41.2 Å². The number of nitrogens with one attached hydrogen (secondary N) is 1. The highest BCUT2D eigenvalue weighted by atomic mass is 16.5. The lowest BCUT2D eigenvalue weighted by atomic mass is 10.1. The van der Waals surface area contributed by atoms with E-state index in [2.05, 4.69) is 44.6 Å². The Hall–Kier alpha value is -1.72. The number of aryl methyl sites for hydroxylation is 2. The standard InChI is InChI=1S/C15H20N4O/c1-2-4-13(5-3-1)6-7-14-17-15(20-18-14)12-19-10-8-16-9-11-19/h1-5,16H,6-12H2. The van der Waals surface area contributed by atoms with E-state index in [0.717, 1.165) is 57.3 Å². The minimum Gasteiger partial charge on any atom is -0.338 e. The third kappa shape index (κ3) is 3.65. The van der Waals surface area contributed by atoms with E-state index in [0.29, 0.717) is 0 Å². The summed E-state index contributed by atoms with van der Waals surface area (Å²) >= 11 is 0. The molecule has 0 radical (unpaired) electrons. The van der Waals surface area contributed by atoms with E-state index in [4.69, 9.17) is 4.52 Å². The second-order valence-corrected chi connectivity index (χ2v) is 5.12. The van der Waals surface area contributed by atoms with Gasteiger partial charge < -0.3 is 9.84 Å². The second kappa shape index (κ2) is 6.63. The zero-order valence-electron chi connectivity index (χ0n) is 11.6. The van der Waals surface area contributed by atoms with Crippen LogP contribution in [0.4, 0.5) is 0 Å². The highest BCUT2D eigenvalue weighted by Gasteiger charge is 2.14. The van der Waals surface area contributed by atoms with Crippen molar-refractivity contribution < 1.29 is 4.52 Å². The molecule has 0 atom stereocenters. The number of aromatic nitrogens is 2. The predicted molar refractivity (Wildman–Crippen MR) is 76.3 cm³/mol. The molecule has 1 aromatic carbocycles. The Morgan fingerprint density at radius 3 is 2.70 bits per heavy atom. The van der Waals surface area contributed by atoms with Crippen molar-refractivity contribution in [3.8, 4) is 0 Å². The van der Waals surface area contributed by atoms with Crippen LogP contribution in [0.2, 0.25) is 0 Å². The number of piperazine rings is 1. The molecule has 0 bridgehead atoms. The van der Waals surface area contributed by atoms with E-state index in [1.807, 2.05) is 6.07 Å². The highest BCUT2D eigenvalue weighted by Crippen LogP contribution is 2.07. The van der Waals surface area contributed by atoms with Crippen LogP contribution in [-0.2, 0) is 19.4 Å². The van der Waals surface area contributed by atoms with Gasteiger partial charge in [0.1, 0.15) is 0 Å². The van der Waals surface area contributed by atoms with Crippen molar-refractivity contribution in [3.05, 3.63) is 47.6 Å². The number of benzene rings is 1. The van der Waals surface area contributed by atoms with Gasteiger partial charge in [0.05, 0.1) is 6.54 Å². The van der Waals surface area contributed by atoms with Crippen LogP contribution in [0.25, 0.3) is 0 Å². The van der Waals surface area contributed by atoms with Crippen molar-refractivity contribution in [1.82, 2.24) is 20.4 Å². The molecule has 3 rings (SSSR count). The molecule has 0 saturated carbocycles. The van der Waals surface area contributed by atoms with E-state index in [-0.39, 0.29) is 0 Å². The molecule has 1 N–H and O–H groups in total. The van der Waals surface area contributed by atoms with Crippen LogP contribution in [0.3, 0.4) is 0 Å². The van der Waals surface area contributed by atoms with E-state index < -0.39 is 0 Å². The topological polar surface area (TPSA) is 54.2 Å². The molecular formula is C15H20N4O. The van der Waals surface area contributed by atoms with Gasteiger partial charge in [0, 0.05) is 32.6 Å². The Kier molecular flexibility index (Phi) is 4.40. The summed E-state index contributed by atoms with van der Waals surface area (Å²) in [6, 6.07) is 10.4. The predicted octanol–water partition coefficient (Wildman–Crippen LogP) is 1.26. The normalized spacial score (nSPS) is 16.4. The number of hydrogen-bond acceptors (Lipinski definition) is 5. The molecule has 2 heterocycles. The van der Waals surface area contributed by atoms with Crippen LogP contribution in [0, 0.1) is 0 Å². The van der Waals surface area contributed by atoms with Crippen molar-refractivity contribution in [1.29, 1.82) is 0 Å². The molecule has 0 amide bonds. The second-order valence-electron chi connectivity index (χ2n) is 5.12. The van der Waals surface area contributed by atoms with Gasteiger partial charge in [0.25, 0.3) is 0 Å². The summed E-state index contributed by atoms with van der Waals surface area (Å²) in [6.07, 6.45) is 1.78. The van der Waals surface area contributed by atoms with Crippen molar-refractivity contribution in [3.63, 3.8) is 0 Å². The molecule has 20 heavy (non-hydrogen) atoms. The smallest absolute Gasteiger partial charge is 0.240 e. The number of nitrogens with zero attached hydrogens (tertiary/aromatic N) is 3. The SMILES string of the molecule is c1ccc(CCc2noc(CN3CCNCC3)n2)cc1. The third-order valence-corrected chi connectivity index (χ3v) is 3.56. The molecule has 1 saturated heterocycles. The lowest BCUT2D eigenvalue weighted by molar-refractivity contribution is 0.203. The van der Waals surface area contributed by atoms with Crippen LogP contribution < -0.4 is 5.32 Å². The molecule has 1 aliphatic rings. The van der Waals surface area contributed by atoms with Crippen LogP contribution in [0.15, 0.2) is 34.9 Å². The van der Waals surface area contributed by atoms with Gasteiger partial charge in [-0.15, -0.1) is 0 Å². The fraction of sp³-hybridized carbons (Fsp3) is 0.467. The Bertz CT molecular complexity index is 520. The van der Waals surface area contributed by atoms with E-state index in [9.17, 15) is 0 Å². The van der Waals surface area contributed by atoms with Crippen LogP contribution in [0.1, 0.15) is 17.3 Å². The van der Waals surface area contributed by atoms with Gasteiger partial charge in [-0.1, -0.05) is 35.5 Å². The van der Waals surface area contributed by atoms with Crippen molar-refractivity contribution >= 4 is 0 Å². The summed E-state index contributed by atoms with van der Waals surface area (Å²) < 4.78 is 5.33. The first kappa shape index (κ1) is 13.3. The average Bonchev–Trinajstić information content (AvgIpc) is 2.95. The van der Waals surface area contributed by atoms with Crippen LogP contribution in [0.5, 0.6) is 0 Å². The maximum Gasteiger partial charge on any atom is 0.240 e. The maximum atomic E-state index is 5.33. The van der Waals surface area contributed by atoms with Gasteiger partial charge in [-0.25, -0.2) is 0 Å². The Labute approximate surface area is 119 Å². The quantitative estimate of drug-likeness (QED) is 0.888. The minimum absolute atomic E-state index is 0.731. The lowest BCUT2D eigenvalue weighted by Crippen LogP contribution is -2.42. The molecular weight excluding hydrogens is 252 g/mol. The molecule has 1 aromatic heterocycles. The zero-order chi connectivity index (χ0) is 13.6. The molecule has 0 unspecified atom stereocenters. The minimum atomic E-state index is 0.731. The summed E-state index contributed by atoms with van der Waals surface area (Å²) in [5, 5.41) is 7.40. The van der Waals surface area contributed by atoms with E-state index in [1.165, 1.54) is 5.56 Å². The summed E-state index contributed by atoms with van der Waals surface area (Å²) in [7, 11) is 0. The molecule has 106 valence electrons. The maximum absolute atomic E-state index is 5.33. The first-order chi connectivity index (χ1) is 9.90. The summed E-state index contributed by atoms with van der Waals surface area (Å²) in [5.41, 5.74) is 1.31. The van der Waals surface area contributed by atoms with E-state index in [1.54, 1.807) is 0 Å². The average molecular weight is 272 g/mol. The molecule has 5 nitrogen and oxygen atoms in total. The van der Waals surface area contributed by atoms with E-state index >= 15 is 0 Å². The largest absolute Gasteiger partial charge is 0.338 e. The molecule has 1 aliphatic heterocycles. The fourth-order valence-electron chi connectivity index (χ4n) is 2.42. The summed E-state index contributed by atoms with van der Waals surface area (Å²) in [4.78, 5) is 6.82. The highest BCUT2D eigenvalue weighted by molar-refractivity contribution is 5.15. The lowest BCUT2D eigenvalue weighted by Gasteiger charge is -2.25. The first-order valence-corrected chi connectivity index (χ1v) is 7.18. The van der Waals surface area contributed by atoms with Gasteiger partial charge in [-0.2, -0.15) is 4.98 Å². The molecule has 2 aromatic rings. The summed E-state index contributed by atoms with van der Waals surface area (Å²) in [6.45, 7) is 4.92. The van der Waals surface area contributed by atoms with Gasteiger partial charge in [0.15, 0.2) is 5.82 Å². The monoisotopic (exact) mass is 272 g/mol. The number of rotatable bonds is 5. The van der Waals surface area contributed by atoms with Gasteiger partial charge in [0.2, 0.25) is 5.89 Å². The van der Waals surface area contributed by atoms with Gasteiger partial charge >= 0.3 is 0 Å². The number of hydrogen-bond donors (Lipinski definition) is 1. The zero-order valence-corrected chi connectivity index (χ0v) is 11.6. The Morgan fingerprint density at radius 2 is 1.90 bits per heavy atom. The molecule has 0 aliphatic carbocycles. The summed E-state index contributed by atoms with van der Waals surface area (Å²) in [5.74, 6) is 1.54. The third-order valence-electron chi connectivity index (χ3n) is 3.56.